The van der Waals surface area contributed by atoms with Gasteiger partial charge < -0.3 is 24.3 Å². The highest BCUT2D eigenvalue weighted by atomic mass is 16.5. The summed E-state index contributed by atoms with van der Waals surface area (Å²) in [5, 5.41) is 2.74. The second-order valence-electron chi connectivity index (χ2n) is 5.10. The van der Waals surface area contributed by atoms with Gasteiger partial charge in [0.15, 0.2) is 11.5 Å². The Morgan fingerprint density at radius 1 is 0.923 bits per heavy atom. The third kappa shape index (κ3) is 4.39. The first-order valence-corrected chi connectivity index (χ1v) is 7.84. The number of rotatable bonds is 6. The van der Waals surface area contributed by atoms with Crippen molar-refractivity contribution in [3.8, 4) is 34.8 Å². The second-order valence-corrected chi connectivity index (χ2v) is 5.10. The molecule has 0 fully saturated rings. The van der Waals surface area contributed by atoms with Crippen LogP contribution in [0.3, 0.4) is 0 Å². The molecule has 6 heteroatoms. The summed E-state index contributed by atoms with van der Waals surface area (Å²) in [7, 11) is 6.09. The molecular formula is C20H21NO5. The molecule has 6 nitrogen and oxygen atoms in total. The molecule has 0 radical (unpaired) electrons. The maximum absolute atomic E-state index is 12.4. The Morgan fingerprint density at radius 3 is 2.12 bits per heavy atom. The average Bonchev–Trinajstić information content (AvgIpc) is 2.69. The van der Waals surface area contributed by atoms with Crippen molar-refractivity contribution in [3.05, 3.63) is 47.5 Å². The van der Waals surface area contributed by atoms with E-state index in [0.29, 0.717) is 28.6 Å². The van der Waals surface area contributed by atoms with Gasteiger partial charge in [-0.1, -0.05) is 24.0 Å². The lowest BCUT2D eigenvalue weighted by Crippen LogP contribution is -2.23. The van der Waals surface area contributed by atoms with Gasteiger partial charge in [-0.3, -0.25) is 4.79 Å². The summed E-state index contributed by atoms with van der Waals surface area (Å²) < 4.78 is 21.0. The topological polar surface area (TPSA) is 66.0 Å². The van der Waals surface area contributed by atoms with Crippen LogP contribution in [0, 0.1) is 11.8 Å². The van der Waals surface area contributed by atoms with Crippen LogP contribution in [0.5, 0.6) is 23.0 Å². The first-order valence-electron chi connectivity index (χ1n) is 7.84. The molecule has 2 aromatic carbocycles. The molecule has 0 unspecified atom stereocenters. The highest BCUT2D eigenvalue weighted by Crippen LogP contribution is 2.38. The molecule has 2 rings (SSSR count). The van der Waals surface area contributed by atoms with Crippen molar-refractivity contribution in [2.24, 2.45) is 0 Å². The van der Waals surface area contributed by atoms with Crippen molar-refractivity contribution in [1.29, 1.82) is 0 Å². The van der Waals surface area contributed by atoms with Crippen LogP contribution < -0.4 is 24.3 Å². The lowest BCUT2D eigenvalue weighted by atomic mass is 10.1. The van der Waals surface area contributed by atoms with Gasteiger partial charge in [-0.15, -0.1) is 0 Å². The Hall–Kier alpha value is -3.33. The monoisotopic (exact) mass is 355 g/mol. The number of hydrogen-bond acceptors (Lipinski definition) is 5. The lowest BCUT2D eigenvalue weighted by Gasteiger charge is -2.13. The van der Waals surface area contributed by atoms with E-state index < -0.39 is 0 Å². The van der Waals surface area contributed by atoms with E-state index in [1.165, 1.54) is 21.3 Å². The molecule has 1 N–H and O–H groups in total. The van der Waals surface area contributed by atoms with Gasteiger partial charge >= 0.3 is 0 Å². The van der Waals surface area contributed by atoms with Crippen molar-refractivity contribution in [3.63, 3.8) is 0 Å². The van der Waals surface area contributed by atoms with Crippen molar-refractivity contribution in [1.82, 2.24) is 5.32 Å². The summed E-state index contributed by atoms with van der Waals surface area (Å²) in [6, 6.07) is 10.6. The Morgan fingerprint density at radius 2 is 1.54 bits per heavy atom. The summed E-state index contributed by atoms with van der Waals surface area (Å²) in [5.41, 5.74) is 1.15. The normalized spacial score (nSPS) is 9.54. The summed E-state index contributed by atoms with van der Waals surface area (Å²) in [6.45, 7) is 0.188. The van der Waals surface area contributed by atoms with Crippen LogP contribution in [-0.2, 0) is 0 Å². The Labute approximate surface area is 153 Å². The molecule has 0 aliphatic rings. The average molecular weight is 355 g/mol. The highest BCUT2D eigenvalue weighted by molar-refractivity contribution is 5.95. The van der Waals surface area contributed by atoms with Crippen LogP contribution in [0.2, 0.25) is 0 Å². The second kappa shape index (κ2) is 9.23. The standard InChI is InChI=1S/C20H21NO5/c1-23-16-10-6-5-8-14(16)9-7-11-21-20(22)15-12-17(24-2)19(26-4)18(13-15)25-3/h5-6,8,10,12-13H,11H2,1-4H3,(H,21,22). The molecule has 2 aromatic rings. The van der Waals surface area contributed by atoms with Gasteiger partial charge in [-0.25, -0.2) is 0 Å². The molecule has 0 heterocycles. The zero-order valence-corrected chi connectivity index (χ0v) is 15.2. The summed E-state index contributed by atoms with van der Waals surface area (Å²) in [5.74, 6) is 7.54. The van der Waals surface area contributed by atoms with Gasteiger partial charge in [0, 0.05) is 5.56 Å². The zero-order chi connectivity index (χ0) is 18.9. The first-order chi connectivity index (χ1) is 12.6. The van der Waals surface area contributed by atoms with E-state index in [2.05, 4.69) is 17.2 Å². The molecule has 0 aliphatic carbocycles. The fourth-order valence-electron chi connectivity index (χ4n) is 2.33. The minimum Gasteiger partial charge on any atom is -0.495 e. The predicted molar refractivity (Wildman–Crippen MR) is 98.3 cm³/mol. The molecule has 0 bridgehead atoms. The van der Waals surface area contributed by atoms with Crippen molar-refractivity contribution in [2.45, 2.75) is 0 Å². The third-order valence-corrected chi connectivity index (χ3v) is 3.59. The smallest absolute Gasteiger partial charge is 0.252 e. The van der Waals surface area contributed by atoms with E-state index in [1.807, 2.05) is 24.3 Å². The van der Waals surface area contributed by atoms with Crippen molar-refractivity contribution in [2.75, 3.05) is 35.0 Å². The molecule has 1 amide bonds. The van der Waals surface area contributed by atoms with Crippen LogP contribution in [0.25, 0.3) is 0 Å². The van der Waals surface area contributed by atoms with E-state index >= 15 is 0 Å². The zero-order valence-electron chi connectivity index (χ0n) is 15.2. The fraction of sp³-hybridized carbons (Fsp3) is 0.250. The number of nitrogens with one attached hydrogen (secondary N) is 1. The molecule has 0 aromatic heterocycles. The van der Waals surface area contributed by atoms with Gasteiger partial charge in [0.25, 0.3) is 5.91 Å². The van der Waals surface area contributed by atoms with Gasteiger partial charge in [0.05, 0.1) is 40.5 Å². The van der Waals surface area contributed by atoms with Crippen molar-refractivity contribution < 1.29 is 23.7 Å². The largest absolute Gasteiger partial charge is 0.495 e. The van der Waals surface area contributed by atoms with E-state index in [4.69, 9.17) is 18.9 Å². The quantitative estimate of drug-likeness (QED) is 0.807. The number of ether oxygens (including phenoxy) is 4. The van der Waals surface area contributed by atoms with Crippen LogP contribution in [-0.4, -0.2) is 40.9 Å². The predicted octanol–water partition coefficient (Wildman–Crippen LogP) is 2.50. The van der Waals surface area contributed by atoms with Gasteiger partial charge in [-0.05, 0) is 24.3 Å². The lowest BCUT2D eigenvalue weighted by molar-refractivity contribution is 0.0958. The molecule has 0 saturated heterocycles. The number of para-hydroxylation sites is 1. The summed E-state index contributed by atoms with van der Waals surface area (Å²) in [6.07, 6.45) is 0. The van der Waals surface area contributed by atoms with Gasteiger partial charge in [0.1, 0.15) is 5.75 Å². The molecule has 0 saturated carbocycles. The van der Waals surface area contributed by atoms with Crippen LogP contribution in [0.15, 0.2) is 36.4 Å². The molecule has 26 heavy (non-hydrogen) atoms. The van der Waals surface area contributed by atoms with E-state index in [0.717, 1.165) is 5.56 Å². The number of amides is 1. The minimum absolute atomic E-state index is 0.188. The van der Waals surface area contributed by atoms with Gasteiger partial charge in [-0.2, -0.15) is 0 Å². The molecule has 136 valence electrons. The van der Waals surface area contributed by atoms with E-state index in [-0.39, 0.29) is 12.5 Å². The van der Waals surface area contributed by atoms with Crippen LogP contribution >= 0.6 is 0 Å². The number of carbonyl (C=O) groups is 1. The van der Waals surface area contributed by atoms with Crippen LogP contribution in [0.4, 0.5) is 0 Å². The number of benzene rings is 2. The van der Waals surface area contributed by atoms with E-state index in [9.17, 15) is 4.79 Å². The maximum atomic E-state index is 12.4. The molecule has 0 spiro atoms. The van der Waals surface area contributed by atoms with E-state index in [1.54, 1.807) is 19.2 Å². The Bertz CT molecular complexity index is 811. The maximum Gasteiger partial charge on any atom is 0.252 e. The minimum atomic E-state index is -0.293. The first kappa shape index (κ1) is 19.0. The third-order valence-electron chi connectivity index (χ3n) is 3.59. The van der Waals surface area contributed by atoms with Gasteiger partial charge in [0.2, 0.25) is 5.75 Å². The van der Waals surface area contributed by atoms with Crippen molar-refractivity contribution >= 4 is 5.91 Å². The Balaban J connectivity index is 2.10. The molecule has 0 aliphatic heterocycles. The fourth-order valence-corrected chi connectivity index (χ4v) is 2.33. The van der Waals surface area contributed by atoms with Crippen LogP contribution in [0.1, 0.15) is 15.9 Å². The number of hydrogen-bond donors (Lipinski definition) is 1. The molecular weight excluding hydrogens is 334 g/mol. The molecule has 0 atom stereocenters. The summed E-state index contributed by atoms with van der Waals surface area (Å²) in [4.78, 5) is 12.4. The summed E-state index contributed by atoms with van der Waals surface area (Å²) >= 11 is 0. The Kier molecular flexibility index (Phi) is 6.75. The highest BCUT2D eigenvalue weighted by Gasteiger charge is 2.16. The number of methoxy groups -OCH3 is 4. The number of carbonyl (C=O) groups excluding carboxylic acids is 1. The SMILES string of the molecule is COc1ccccc1C#CCNC(=O)c1cc(OC)c(OC)c(OC)c1.